The van der Waals surface area contributed by atoms with Crippen molar-refractivity contribution in [3.63, 3.8) is 0 Å². The van der Waals surface area contributed by atoms with E-state index >= 15 is 0 Å². The lowest BCUT2D eigenvalue weighted by Crippen LogP contribution is -2.07. The number of methoxy groups -OCH3 is 1. The SMILES string of the molecule is COc1cc(/C=C/C(=O)Nc2ccc(C(C)C)cc2)ccc1OCc1c(Cl)cccc1Cl. The maximum atomic E-state index is 12.3. The fourth-order valence-electron chi connectivity index (χ4n) is 3.03. The van der Waals surface area contributed by atoms with Crippen LogP contribution in [0.25, 0.3) is 6.08 Å². The molecule has 4 nitrogen and oxygen atoms in total. The molecule has 166 valence electrons. The van der Waals surface area contributed by atoms with Gasteiger partial charge in [-0.25, -0.2) is 0 Å². The molecule has 0 spiro atoms. The van der Waals surface area contributed by atoms with Crippen LogP contribution in [0.2, 0.25) is 10.0 Å². The molecule has 0 aliphatic carbocycles. The highest BCUT2D eigenvalue weighted by Gasteiger charge is 2.10. The van der Waals surface area contributed by atoms with Gasteiger partial charge in [-0.15, -0.1) is 0 Å². The molecule has 0 unspecified atom stereocenters. The largest absolute Gasteiger partial charge is 0.493 e. The third-order valence-electron chi connectivity index (χ3n) is 4.89. The molecule has 32 heavy (non-hydrogen) atoms. The van der Waals surface area contributed by atoms with Crippen molar-refractivity contribution >= 4 is 40.9 Å². The van der Waals surface area contributed by atoms with Gasteiger partial charge in [0.2, 0.25) is 5.91 Å². The molecule has 0 atom stereocenters. The molecule has 0 bridgehead atoms. The molecular formula is C26H25Cl2NO3. The minimum Gasteiger partial charge on any atom is -0.493 e. The first-order valence-electron chi connectivity index (χ1n) is 10.2. The molecule has 3 aromatic carbocycles. The second-order valence-electron chi connectivity index (χ2n) is 7.50. The van der Waals surface area contributed by atoms with Crippen LogP contribution in [0, 0.1) is 0 Å². The van der Waals surface area contributed by atoms with Crippen LogP contribution in [0.5, 0.6) is 11.5 Å². The van der Waals surface area contributed by atoms with E-state index < -0.39 is 0 Å². The minimum absolute atomic E-state index is 0.210. The fraction of sp³-hybridized carbons (Fsp3) is 0.192. The molecule has 3 rings (SSSR count). The molecule has 0 aliphatic rings. The number of benzene rings is 3. The van der Waals surface area contributed by atoms with Gasteiger partial charge in [0.1, 0.15) is 6.61 Å². The zero-order chi connectivity index (χ0) is 23.1. The molecule has 0 aromatic heterocycles. The summed E-state index contributed by atoms with van der Waals surface area (Å²) in [6, 6.07) is 18.6. The van der Waals surface area contributed by atoms with Crippen LogP contribution in [-0.4, -0.2) is 13.0 Å². The number of nitrogens with one attached hydrogen (secondary N) is 1. The third-order valence-corrected chi connectivity index (χ3v) is 5.60. The monoisotopic (exact) mass is 469 g/mol. The van der Waals surface area contributed by atoms with Gasteiger partial charge in [-0.1, -0.05) is 61.3 Å². The van der Waals surface area contributed by atoms with Crippen molar-refractivity contribution in [2.75, 3.05) is 12.4 Å². The zero-order valence-corrected chi connectivity index (χ0v) is 19.7. The van der Waals surface area contributed by atoms with Crippen LogP contribution in [0.15, 0.2) is 66.7 Å². The summed E-state index contributed by atoms with van der Waals surface area (Å²) in [6.45, 7) is 4.47. The van der Waals surface area contributed by atoms with Crippen molar-refractivity contribution in [2.45, 2.75) is 26.4 Å². The van der Waals surface area contributed by atoms with Crippen molar-refractivity contribution in [3.8, 4) is 11.5 Å². The van der Waals surface area contributed by atoms with Gasteiger partial charge in [0, 0.05) is 27.4 Å². The lowest BCUT2D eigenvalue weighted by molar-refractivity contribution is -0.111. The van der Waals surface area contributed by atoms with Gasteiger partial charge in [-0.3, -0.25) is 4.79 Å². The first kappa shape index (κ1) is 23.7. The number of carbonyl (C=O) groups excluding carboxylic acids is 1. The lowest BCUT2D eigenvalue weighted by Gasteiger charge is -2.13. The zero-order valence-electron chi connectivity index (χ0n) is 18.2. The average molecular weight is 470 g/mol. The number of hydrogen-bond acceptors (Lipinski definition) is 3. The Kier molecular flexibility index (Phi) is 8.20. The van der Waals surface area contributed by atoms with Gasteiger partial charge in [0.05, 0.1) is 7.11 Å². The van der Waals surface area contributed by atoms with Crippen LogP contribution in [0.1, 0.15) is 36.5 Å². The molecule has 3 aromatic rings. The van der Waals surface area contributed by atoms with Gasteiger partial charge in [-0.2, -0.15) is 0 Å². The summed E-state index contributed by atoms with van der Waals surface area (Å²) in [6.07, 6.45) is 3.20. The standard InChI is InChI=1S/C26H25Cl2NO3/c1-17(2)19-9-11-20(12-10-19)29-26(30)14-8-18-7-13-24(25(15-18)31-3)32-16-21-22(27)5-4-6-23(21)28/h4-15,17H,16H2,1-3H3,(H,29,30)/b14-8+. The highest BCUT2D eigenvalue weighted by Crippen LogP contribution is 2.31. The highest BCUT2D eigenvalue weighted by atomic mass is 35.5. The summed E-state index contributed by atoms with van der Waals surface area (Å²) in [4.78, 5) is 12.3. The lowest BCUT2D eigenvalue weighted by atomic mass is 10.0. The quantitative estimate of drug-likeness (QED) is 0.350. The van der Waals surface area contributed by atoms with Crippen molar-refractivity contribution in [2.24, 2.45) is 0 Å². The predicted octanol–water partition coefficient (Wildman–Crippen LogP) is 7.36. The summed E-state index contributed by atoms with van der Waals surface area (Å²) in [7, 11) is 1.56. The first-order valence-corrected chi connectivity index (χ1v) is 11.0. The van der Waals surface area contributed by atoms with Crippen molar-refractivity contribution in [1.29, 1.82) is 0 Å². The van der Waals surface area contributed by atoms with Crippen molar-refractivity contribution < 1.29 is 14.3 Å². The number of halogens is 2. The summed E-state index contributed by atoms with van der Waals surface area (Å²) in [5.74, 6) is 1.33. The minimum atomic E-state index is -0.213. The number of hydrogen-bond donors (Lipinski definition) is 1. The Morgan fingerprint density at radius 1 is 1.00 bits per heavy atom. The van der Waals surface area contributed by atoms with Gasteiger partial charge < -0.3 is 14.8 Å². The van der Waals surface area contributed by atoms with Gasteiger partial charge in [0.15, 0.2) is 11.5 Å². The van der Waals surface area contributed by atoms with E-state index in [1.54, 1.807) is 43.5 Å². The number of carbonyl (C=O) groups is 1. The second kappa shape index (κ2) is 11.1. The second-order valence-corrected chi connectivity index (χ2v) is 8.31. The van der Waals surface area contributed by atoms with E-state index in [0.717, 1.165) is 11.3 Å². The predicted molar refractivity (Wildman–Crippen MR) is 132 cm³/mol. The molecule has 1 amide bonds. The number of amides is 1. The number of ether oxygens (including phenoxy) is 2. The Morgan fingerprint density at radius 3 is 2.31 bits per heavy atom. The van der Waals surface area contributed by atoms with E-state index in [1.165, 1.54) is 11.6 Å². The molecule has 0 radical (unpaired) electrons. The van der Waals surface area contributed by atoms with Crippen LogP contribution in [-0.2, 0) is 11.4 Å². The van der Waals surface area contributed by atoms with E-state index in [4.69, 9.17) is 32.7 Å². The first-order chi connectivity index (χ1) is 15.4. The summed E-state index contributed by atoms with van der Waals surface area (Å²) >= 11 is 12.4. The van der Waals surface area contributed by atoms with Crippen molar-refractivity contribution in [3.05, 3.63) is 93.5 Å². The molecule has 0 aliphatic heterocycles. The van der Waals surface area contributed by atoms with Crippen LogP contribution in [0.4, 0.5) is 5.69 Å². The van der Waals surface area contributed by atoms with E-state index in [0.29, 0.717) is 33.0 Å². The molecule has 0 saturated heterocycles. The number of rotatable bonds is 8. The fourth-order valence-corrected chi connectivity index (χ4v) is 3.54. The van der Waals surface area contributed by atoms with E-state index in [1.807, 2.05) is 30.3 Å². The van der Waals surface area contributed by atoms with Gasteiger partial charge in [-0.05, 0) is 59.5 Å². The van der Waals surface area contributed by atoms with Crippen molar-refractivity contribution in [1.82, 2.24) is 0 Å². The number of anilines is 1. The molecule has 0 fully saturated rings. The molecular weight excluding hydrogens is 445 g/mol. The summed E-state index contributed by atoms with van der Waals surface area (Å²) in [5.41, 5.74) is 3.49. The molecule has 1 N–H and O–H groups in total. The molecule has 0 saturated carbocycles. The maximum Gasteiger partial charge on any atom is 0.248 e. The Balaban J connectivity index is 1.64. The Bertz CT molecular complexity index is 1090. The van der Waals surface area contributed by atoms with Gasteiger partial charge >= 0.3 is 0 Å². The molecule has 6 heteroatoms. The van der Waals surface area contributed by atoms with Gasteiger partial charge in [0.25, 0.3) is 0 Å². The highest BCUT2D eigenvalue weighted by molar-refractivity contribution is 6.35. The van der Waals surface area contributed by atoms with E-state index in [9.17, 15) is 4.79 Å². The topological polar surface area (TPSA) is 47.6 Å². The van der Waals surface area contributed by atoms with Crippen LogP contribution < -0.4 is 14.8 Å². The smallest absolute Gasteiger partial charge is 0.248 e. The maximum absolute atomic E-state index is 12.3. The Morgan fingerprint density at radius 2 is 1.69 bits per heavy atom. The van der Waals surface area contributed by atoms with Crippen LogP contribution >= 0.6 is 23.2 Å². The van der Waals surface area contributed by atoms with E-state index in [2.05, 4.69) is 19.2 Å². The Labute approximate surface area is 198 Å². The normalized spacial score (nSPS) is 11.1. The summed E-state index contributed by atoms with van der Waals surface area (Å²) < 4.78 is 11.3. The average Bonchev–Trinajstić information content (AvgIpc) is 2.78. The molecule has 0 heterocycles. The third kappa shape index (κ3) is 6.28. The van der Waals surface area contributed by atoms with Crippen LogP contribution in [0.3, 0.4) is 0 Å². The van der Waals surface area contributed by atoms with E-state index in [-0.39, 0.29) is 12.5 Å². The Hall–Kier alpha value is -2.95. The summed E-state index contributed by atoms with van der Waals surface area (Å²) in [5, 5.41) is 3.95.